The maximum atomic E-state index is 13.3. The van der Waals surface area contributed by atoms with Crippen molar-refractivity contribution in [1.82, 2.24) is 19.3 Å². The fourth-order valence-electron chi connectivity index (χ4n) is 3.86. The van der Waals surface area contributed by atoms with Crippen LogP contribution in [0.25, 0.3) is 16.7 Å². The van der Waals surface area contributed by atoms with Gasteiger partial charge in [0.25, 0.3) is 5.56 Å². The number of amides is 1. The van der Waals surface area contributed by atoms with Gasteiger partial charge in [0.15, 0.2) is 10.8 Å². The van der Waals surface area contributed by atoms with Crippen LogP contribution in [0.4, 0.5) is 5.69 Å². The zero-order chi connectivity index (χ0) is 21.5. The molecule has 0 aliphatic carbocycles. The molecule has 31 heavy (non-hydrogen) atoms. The molecule has 7 nitrogen and oxygen atoms in total. The van der Waals surface area contributed by atoms with Crippen LogP contribution in [-0.2, 0) is 4.79 Å². The summed E-state index contributed by atoms with van der Waals surface area (Å²) in [7, 11) is 1.76. The van der Waals surface area contributed by atoms with Crippen molar-refractivity contribution in [2.45, 2.75) is 24.5 Å². The summed E-state index contributed by atoms with van der Waals surface area (Å²) in [6.07, 6.45) is 1.81. The van der Waals surface area contributed by atoms with E-state index in [0.29, 0.717) is 21.9 Å². The predicted molar refractivity (Wildman–Crippen MR) is 122 cm³/mol. The molecule has 1 atom stereocenters. The van der Waals surface area contributed by atoms with E-state index in [9.17, 15) is 9.59 Å². The van der Waals surface area contributed by atoms with E-state index in [1.54, 1.807) is 27.4 Å². The zero-order valence-corrected chi connectivity index (χ0v) is 18.0. The minimum absolute atomic E-state index is 0.0351. The Bertz CT molecular complexity index is 1350. The quantitative estimate of drug-likeness (QED) is 0.462. The summed E-state index contributed by atoms with van der Waals surface area (Å²) in [5, 5.41) is 5.51. The Balaban J connectivity index is 1.48. The number of aromatic nitrogens is 4. The summed E-state index contributed by atoms with van der Waals surface area (Å²) in [5.74, 6) is 0.605. The second-order valence-electron chi connectivity index (χ2n) is 7.66. The number of fused-ring (bicyclic) bond motifs is 2. The van der Waals surface area contributed by atoms with Crippen molar-refractivity contribution >= 4 is 34.4 Å². The average Bonchev–Trinajstić information content (AvgIpc) is 3.39. The number of nitrogens with zero attached hydrogens (tertiary/aromatic N) is 5. The molecule has 156 valence electrons. The Morgan fingerprint density at radius 2 is 2.00 bits per heavy atom. The molecule has 0 fully saturated rings. The van der Waals surface area contributed by atoms with Crippen molar-refractivity contribution < 1.29 is 4.79 Å². The molecule has 1 amide bonds. The van der Waals surface area contributed by atoms with Gasteiger partial charge in [-0.15, -0.1) is 0 Å². The third-order valence-electron chi connectivity index (χ3n) is 5.54. The molecule has 2 aromatic carbocycles. The fraction of sp³-hybridized carbons (Fsp3) is 0.217. The Labute approximate surface area is 183 Å². The van der Waals surface area contributed by atoms with Crippen LogP contribution >= 0.6 is 11.8 Å². The molecule has 3 heterocycles. The number of anilines is 1. The SMILES string of the molecule is Cc1cccc(-n2ncc3c(=O)n4c(nc32)SCC4CC(=O)N(C)c2ccccc2)c1. The second kappa shape index (κ2) is 7.70. The maximum absolute atomic E-state index is 13.3. The summed E-state index contributed by atoms with van der Waals surface area (Å²) in [6, 6.07) is 17.2. The van der Waals surface area contributed by atoms with E-state index < -0.39 is 0 Å². The van der Waals surface area contributed by atoms with Gasteiger partial charge < -0.3 is 4.90 Å². The van der Waals surface area contributed by atoms with Gasteiger partial charge in [-0.25, -0.2) is 9.67 Å². The molecule has 0 spiro atoms. The van der Waals surface area contributed by atoms with E-state index in [4.69, 9.17) is 4.98 Å². The van der Waals surface area contributed by atoms with Crippen LogP contribution in [0.2, 0.25) is 0 Å². The normalized spacial score (nSPS) is 15.2. The van der Waals surface area contributed by atoms with Gasteiger partial charge in [0.2, 0.25) is 5.91 Å². The Morgan fingerprint density at radius 3 is 2.77 bits per heavy atom. The van der Waals surface area contributed by atoms with Crippen LogP contribution in [0.15, 0.2) is 70.7 Å². The first-order chi connectivity index (χ1) is 15.0. The molecule has 0 bridgehead atoms. The van der Waals surface area contributed by atoms with Crippen LogP contribution < -0.4 is 10.5 Å². The topological polar surface area (TPSA) is 73.0 Å². The van der Waals surface area contributed by atoms with E-state index in [0.717, 1.165) is 16.9 Å². The summed E-state index contributed by atoms with van der Waals surface area (Å²) < 4.78 is 3.36. The van der Waals surface area contributed by atoms with Crippen molar-refractivity contribution in [2.24, 2.45) is 0 Å². The number of para-hydroxylation sites is 1. The lowest BCUT2D eigenvalue weighted by molar-refractivity contribution is -0.119. The van der Waals surface area contributed by atoms with Gasteiger partial charge in [0.05, 0.1) is 17.9 Å². The first-order valence-electron chi connectivity index (χ1n) is 10.0. The standard InChI is InChI=1S/C23H21N5O2S/c1-15-7-6-10-17(11-15)28-21-19(13-24-28)22(30)27-18(14-31-23(27)25-21)12-20(29)26(2)16-8-4-3-5-9-16/h3-11,13,18H,12,14H2,1-2H3. The highest BCUT2D eigenvalue weighted by atomic mass is 32.2. The van der Waals surface area contributed by atoms with Crippen molar-refractivity contribution in [3.05, 3.63) is 76.7 Å². The first kappa shape index (κ1) is 19.6. The van der Waals surface area contributed by atoms with Crippen molar-refractivity contribution in [3.8, 4) is 5.69 Å². The van der Waals surface area contributed by atoms with E-state index >= 15 is 0 Å². The minimum atomic E-state index is -0.231. The average molecular weight is 432 g/mol. The third kappa shape index (κ3) is 3.42. The van der Waals surface area contributed by atoms with Gasteiger partial charge in [-0.05, 0) is 36.8 Å². The molecule has 0 radical (unpaired) electrons. The molecule has 8 heteroatoms. The van der Waals surface area contributed by atoms with Crippen LogP contribution in [0.1, 0.15) is 18.0 Å². The fourth-order valence-corrected chi connectivity index (χ4v) is 4.99. The Morgan fingerprint density at radius 1 is 1.19 bits per heavy atom. The lowest BCUT2D eigenvalue weighted by Crippen LogP contribution is -2.32. The molecule has 0 saturated carbocycles. The molecule has 2 aromatic heterocycles. The highest BCUT2D eigenvalue weighted by Crippen LogP contribution is 2.34. The van der Waals surface area contributed by atoms with E-state index in [1.807, 2.05) is 61.5 Å². The van der Waals surface area contributed by atoms with Crippen molar-refractivity contribution in [3.63, 3.8) is 0 Å². The number of carbonyl (C=O) groups is 1. The number of thioether (sulfide) groups is 1. The highest BCUT2D eigenvalue weighted by Gasteiger charge is 2.30. The van der Waals surface area contributed by atoms with Gasteiger partial charge in [0, 0.05) is 24.9 Å². The van der Waals surface area contributed by atoms with Gasteiger partial charge in [-0.2, -0.15) is 5.10 Å². The minimum Gasteiger partial charge on any atom is -0.315 e. The summed E-state index contributed by atoms with van der Waals surface area (Å²) in [6.45, 7) is 2.01. The smallest absolute Gasteiger partial charge is 0.265 e. The van der Waals surface area contributed by atoms with Crippen LogP contribution in [0.5, 0.6) is 0 Å². The number of hydrogen-bond donors (Lipinski definition) is 0. The van der Waals surface area contributed by atoms with Crippen LogP contribution in [0, 0.1) is 6.92 Å². The predicted octanol–water partition coefficient (Wildman–Crippen LogP) is 3.59. The van der Waals surface area contributed by atoms with Crippen LogP contribution in [0.3, 0.4) is 0 Å². The molecule has 0 saturated heterocycles. The Hall–Kier alpha value is -3.39. The van der Waals surface area contributed by atoms with Gasteiger partial charge in [0.1, 0.15) is 5.39 Å². The van der Waals surface area contributed by atoms with E-state index in [-0.39, 0.29) is 23.9 Å². The lowest BCUT2D eigenvalue weighted by Gasteiger charge is -2.20. The maximum Gasteiger partial charge on any atom is 0.265 e. The molecular weight excluding hydrogens is 410 g/mol. The van der Waals surface area contributed by atoms with Gasteiger partial charge >= 0.3 is 0 Å². The molecule has 1 aliphatic heterocycles. The first-order valence-corrected chi connectivity index (χ1v) is 11.0. The highest BCUT2D eigenvalue weighted by molar-refractivity contribution is 7.99. The third-order valence-corrected chi connectivity index (χ3v) is 6.64. The molecular formula is C23H21N5O2S. The summed E-state index contributed by atoms with van der Waals surface area (Å²) in [5.41, 5.74) is 3.20. The largest absolute Gasteiger partial charge is 0.315 e. The van der Waals surface area contributed by atoms with Crippen LogP contribution in [-0.4, -0.2) is 38.0 Å². The molecule has 4 aromatic rings. The molecule has 5 rings (SSSR count). The lowest BCUT2D eigenvalue weighted by atomic mass is 10.2. The van der Waals surface area contributed by atoms with E-state index in [1.165, 1.54) is 11.8 Å². The van der Waals surface area contributed by atoms with Gasteiger partial charge in [-0.3, -0.25) is 14.2 Å². The molecule has 1 aliphatic rings. The Kier molecular flexibility index (Phi) is 4.86. The number of carbonyl (C=O) groups excluding carboxylic acids is 1. The number of aryl methyl sites for hydroxylation is 1. The zero-order valence-electron chi connectivity index (χ0n) is 17.2. The second-order valence-corrected chi connectivity index (χ2v) is 8.65. The van der Waals surface area contributed by atoms with Gasteiger partial charge in [-0.1, -0.05) is 42.1 Å². The molecule has 0 N–H and O–H groups in total. The monoisotopic (exact) mass is 431 g/mol. The summed E-state index contributed by atoms with van der Waals surface area (Å²) in [4.78, 5) is 32.5. The van der Waals surface area contributed by atoms with Crippen molar-refractivity contribution in [2.75, 3.05) is 17.7 Å². The number of rotatable bonds is 4. The van der Waals surface area contributed by atoms with E-state index in [2.05, 4.69) is 5.10 Å². The molecule has 1 unspecified atom stereocenters. The summed E-state index contributed by atoms with van der Waals surface area (Å²) >= 11 is 1.50. The number of hydrogen-bond acceptors (Lipinski definition) is 5. The number of benzene rings is 2. The van der Waals surface area contributed by atoms with Crippen molar-refractivity contribution in [1.29, 1.82) is 0 Å².